The second-order valence-corrected chi connectivity index (χ2v) is 5.96. The number of ether oxygens (including phenoxy) is 1. The Hall–Kier alpha value is -3.15. The van der Waals surface area contributed by atoms with Gasteiger partial charge >= 0.3 is 0 Å². The van der Waals surface area contributed by atoms with Crippen LogP contribution in [0.5, 0.6) is 5.75 Å². The molecule has 6 heteroatoms. The van der Waals surface area contributed by atoms with Crippen molar-refractivity contribution in [3.8, 4) is 5.75 Å². The first-order valence-electron chi connectivity index (χ1n) is 8.28. The fourth-order valence-corrected chi connectivity index (χ4v) is 2.58. The number of aromatic nitrogens is 2. The number of benzene rings is 2. The molecule has 0 aliphatic heterocycles. The van der Waals surface area contributed by atoms with Crippen LogP contribution in [0.4, 0.5) is 0 Å². The first kappa shape index (κ1) is 17.7. The van der Waals surface area contributed by atoms with Gasteiger partial charge < -0.3 is 14.0 Å². The highest BCUT2D eigenvalue weighted by atomic mass is 16.6. The Morgan fingerprint density at radius 1 is 1.08 bits per heavy atom. The lowest BCUT2D eigenvalue weighted by Crippen LogP contribution is -2.10. The summed E-state index contributed by atoms with van der Waals surface area (Å²) in [5, 5.41) is 12.0. The zero-order valence-corrected chi connectivity index (χ0v) is 15.3. The Balaban J connectivity index is 1.92. The van der Waals surface area contributed by atoms with Crippen molar-refractivity contribution in [2.45, 2.75) is 27.4 Å². The summed E-state index contributed by atoms with van der Waals surface area (Å²) in [6.45, 7) is 6.19. The Labute approximate surface area is 152 Å². The molecule has 0 N–H and O–H groups in total. The molecular weight excluding hydrogens is 330 g/mol. The van der Waals surface area contributed by atoms with Crippen LogP contribution in [-0.4, -0.2) is 23.0 Å². The molecule has 3 rings (SSSR count). The molecule has 0 radical (unpaired) electrons. The van der Waals surface area contributed by atoms with E-state index in [0.29, 0.717) is 24.1 Å². The van der Waals surface area contributed by atoms with Gasteiger partial charge in [-0.05, 0) is 36.6 Å². The van der Waals surface area contributed by atoms with Crippen LogP contribution in [0.2, 0.25) is 0 Å². The summed E-state index contributed by atoms with van der Waals surface area (Å²) in [5.74, 6) is 1.63. The molecule has 0 unspecified atom stereocenters. The zero-order chi connectivity index (χ0) is 18.5. The fourth-order valence-electron chi connectivity index (χ4n) is 2.58. The number of hydrogen-bond acceptors (Lipinski definition) is 6. The van der Waals surface area contributed by atoms with Gasteiger partial charge in [0.2, 0.25) is 5.89 Å². The van der Waals surface area contributed by atoms with Crippen LogP contribution in [0.3, 0.4) is 0 Å². The first-order valence-corrected chi connectivity index (χ1v) is 8.28. The third-order valence-corrected chi connectivity index (χ3v) is 3.91. The van der Waals surface area contributed by atoms with Crippen molar-refractivity contribution in [3.63, 3.8) is 0 Å². The zero-order valence-electron chi connectivity index (χ0n) is 15.3. The van der Waals surface area contributed by atoms with E-state index < -0.39 is 0 Å². The summed E-state index contributed by atoms with van der Waals surface area (Å²) >= 11 is 0. The average molecular weight is 351 g/mol. The number of hydrogen-bond donors (Lipinski definition) is 0. The van der Waals surface area contributed by atoms with Gasteiger partial charge in [0.25, 0.3) is 5.89 Å². The van der Waals surface area contributed by atoms with Crippen molar-refractivity contribution in [2.75, 3.05) is 7.11 Å². The van der Waals surface area contributed by atoms with Gasteiger partial charge in [-0.1, -0.05) is 41.6 Å². The van der Waals surface area contributed by atoms with Crippen LogP contribution in [0.1, 0.15) is 34.0 Å². The Bertz CT molecular complexity index is 932. The van der Waals surface area contributed by atoms with Crippen LogP contribution in [0, 0.1) is 20.8 Å². The second-order valence-electron chi connectivity index (χ2n) is 5.96. The van der Waals surface area contributed by atoms with Gasteiger partial charge in [-0.25, -0.2) is 0 Å². The molecule has 26 heavy (non-hydrogen) atoms. The number of aryl methyl sites for hydroxylation is 3. The summed E-state index contributed by atoms with van der Waals surface area (Å²) in [5.41, 5.74) is 4.49. The molecule has 3 aromatic rings. The second kappa shape index (κ2) is 7.82. The topological polar surface area (TPSA) is 69.7 Å². The van der Waals surface area contributed by atoms with Gasteiger partial charge in [0.15, 0.2) is 5.71 Å². The van der Waals surface area contributed by atoms with E-state index in [4.69, 9.17) is 14.0 Å². The first-order chi connectivity index (χ1) is 12.6. The minimum absolute atomic E-state index is 0.309. The average Bonchev–Trinajstić information content (AvgIpc) is 3.07. The minimum atomic E-state index is 0.309. The molecule has 2 aromatic carbocycles. The summed E-state index contributed by atoms with van der Waals surface area (Å²) in [7, 11) is 1.48. The van der Waals surface area contributed by atoms with Gasteiger partial charge in [-0.3, -0.25) is 0 Å². The lowest BCUT2D eigenvalue weighted by Gasteiger charge is -2.13. The molecule has 0 aliphatic rings. The van der Waals surface area contributed by atoms with E-state index in [0.717, 1.165) is 28.0 Å². The van der Waals surface area contributed by atoms with E-state index in [2.05, 4.69) is 27.5 Å². The van der Waals surface area contributed by atoms with Gasteiger partial charge in [0.1, 0.15) is 19.5 Å². The van der Waals surface area contributed by atoms with E-state index in [1.54, 1.807) is 6.92 Å². The highest BCUT2D eigenvalue weighted by Gasteiger charge is 2.18. The van der Waals surface area contributed by atoms with Gasteiger partial charge in [-0.2, -0.15) is 0 Å². The van der Waals surface area contributed by atoms with Crippen molar-refractivity contribution in [3.05, 3.63) is 76.5 Å². The lowest BCUT2D eigenvalue weighted by atomic mass is 10.0. The predicted molar refractivity (Wildman–Crippen MR) is 98.4 cm³/mol. The van der Waals surface area contributed by atoms with Crippen molar-refractivity contribution in [1.29, 1.82) is 0 Å². The van der Waals surface area contributed by atoms with Crippen LogP contribution >= 0.6 is 0 Å². The van der Waals surface area contributed by atoms with Crippen molar-refractivity contribution >= 4 is 5.71 Å². The molecule has 0 atom stereocenters. The smallest absolute Gasteiger partial charge is 0.270 e. The van der Waals surface area contributed by atoms with Crippen molar-refractivity contribution in [1.82, 2.24) is 10.2 Å². The predicted octanol–water partition coefficient (Wildman–Crippen LogP) is 3.97. The molecule has 1 heterocycles. The number of oxime groups is 1. The summed E-state index contributed by atoms with van der Waals surface area (Å²) < 4.78 is 11.6. The van der Waals surface area contributed by atoms with E-state index in [1.165, 1.54) is 7.11 Å². The molecule has 0 fully saturated rings. The molecular formula is C20H21N3O3. The van der Waals surface area contributed by atoms with Crippen molar-refractivity contribution in [2.24, 2.45) is 5.16 Å². The molecule has 1 aromatic heterocycles. The van der Waals surface area contributed by atoms with E-state index >= 15 is 0 Å². The van der Waals surface area contributed by atoms with Crippen LogP contribution < -0.4 is 4.74 Å². The van der Waals surface area contributed by atoms with E-state index in [1.807, 2.05) is 44.2 Å². The SMILES string of the molecule is CO/N=C(\c1nnc(C)o1)c1ccccc1COc1cc(C)ccc1C. The molecule has 0 spiro atoms. The normalized spacial score (nSPS) is 11.5. The fraction of sp³-hybridized carbons (Fsp3) is 0.250. The Kier molecular flexibility index (Phi) is 5.31. The summed E-state index contributed by atoms with van der Waals surface area (Å²) in [6, 6.07) is 13.9. The van der Waals surface area contributed by atoms with Gasteiger partial charge in [0, 0.05) is 12.5 Å². The maximum absolute atomic E-state index is 6.05. The third-order valence-electron chi connectivity index (χ3n) is 3.91. The molecule has 6 nitrogen and oxygen atoms in total. The molecule has 0 aliphatic carbocycles. The molecule has 0 saturated carbocycles. The van der Waals surface area contributed by atoms with Crippen LogP contribution in [0.15, 0.2) is 52.0 Å². The summed E-state index contributed by atoms with van der Waals surface area (Å²) in [4.78, 5) is 4.99. The maximum atomic E-state index is 6.05. The van der Waals surface area contributed by atoms with Crippen molar-refractivity contribution < 1.29 is 14.0 Å². The monoisotopic (exact) mass is 351 g/mol. The van der Waals surface area contributed by atoms with E-state index in [9.17, 15) is 0 Å². The standard InChI is InChI=1S/C20H21N3O3/c1-13-9-10-14(2)18(11-13)25-12-16-7-5-6-8-17(16)19(23-24-4)20-22-21-15(3)26-20/h5-11H,12H2,1-4H3/b23-19-. The molecule has 134 valence electrons. The Morgan fingerprint density at radius 3 is 2.62 bits per heavy atom. The van der Waals surface area contributed by atoms with Gasteiger partial charge in [0.05, 0.1) is 0 Å². The third kappa shape index (κ3) is 3.91. The Morgan fingerprint density at radius 2 is 1.88 bits per heavy atom. The highest BCUT2D eigenvalue weighted by molar-refractivity contribution is 6.10. The molecule has 0 bridgehead atoms. The van der Waals surface area contributed by atoms with E-state index in [-0.39, 0.29) is 0 Å². The van der Waals surface area contributed by atoms with Gasteiger partial charge in [-0.15, -0.1) is 10.2 Å². The lowest BCUT2D eigenvalue weighted by molar-refractivity contribution is 0.213. The van der Waals surface area contributed by atoms with Crippen LogP contribution in [-0.2, 0) is 11.4 Å². The number of nitrogens with zero attached hydrogens (tertiary/aromatic N) is 3. The maximum Gasteiger partial charge on any atom is 0.270 e. The number of rotatable bonds is 6. The van der Waals surface area contributed by atoms with Crippen LogP contribution in [0.25, 0.3) is 0 Å². The highest BCUT2D eigenvalue weighted by Crippen LogP contribution is 2.22. The minimum Gasteiger partial charge on any atom is -0.489 e. The molecule has 0 amide bonds. The largest absolute Gasteiger partial charge is 0.489 e. The quantitative estimate of drug-likeness (QED) is 0.496. The molecule has 0 saturated heterocycles. The summed E-state index contributed by atoms with van der Waals surface area (Å²) in [6.07, 6.45) is 0.